The van der Waals surface area contributed by atoms with Crippen LogP contribution in [0, 0.1) is 0 Å². The average molecular weight is 292 g/mol. The van der Waals surface area contributed by atoms with Gasteiger partial charge in [-0.3, -0.25) is 0 Å². The molecule has 0 aliphatic heterocycles. The van der Waals surface area contributed by atoms with Gasteiger partial charge in [0.2, 0.25) is 0 Å². The first-order chi connectivity index (χ1) is 10.6. The van der Waals surface area contributed by atoms with E-state index in [9.17, 15) is 9.90 Å². The third-order valence-corrected chi connectivity index (χ3v) is 3.78. The molecule has 0 aliphatic carbocycles. The van der Waals surface area contributed by atoms with Crippen LogP contribution < -0.4 is 5.73 Å². The maximum atomic E-state index is 11.7. The Labute approximate surface area is 128 Å². The molecule has 110 valence electrons. The fraction of sp³-hybridized carbons (Fsp3) is 0.111. The van der Waals surface area contributed by atoms with E-state index in [0.29, 0.717) is 5.56 Å². The van der Waals surface area contributed by atoms with E-state index in [0.717, 1.165) is 28.5 Å². The molecule has 4 nitrogen and oxygen atoms in total. The quantitative estimate of drug-likeness (QED) is 0.771. The Bertz CT molecular complexity index is 858. The van der Waals surface area contributed by atoms with Gasteiger partial charge in [0.15, 0.2) is 0 Å². The number of rotatable bonds is 3. The molecule has 1 aromatic heterocycles. The van der Waals surface area contributed by atoms with Crippen molar-refractivity contribution in [3.05, 3.63) is 59.7 Å². The number of nitrogens with two attached hydrogens (primary N) is 1. The van der Waals surface area contributed by atoms with Gasteiger partial charge >= 0.3 is 5.97 Å². The topological polar surface area (TPSA) is 76.2 Å². The number of nitrogen functional groups attached to an aromatic ring is 1. The second-order valence-corrected chi connectivity index (χ2v) is 5.08. The summed E-state index contributed by atoms with van der Waals surface area (Å²) in [4.78, 5) is 16.0. The molecule has 0 unspecified atom stereocenters. The van der Waals surface area contributed by atoms with Gasteiger partial charge in [0.05, 0.1) is 5.52 Å². The monoisotopic (exact) mass is 292 g/mol. The summed E-state index contributed by atoms with van der Waals surface area (Å²) in [6.45, 7) is 2.04. The first-order valence-corrected chi connectivity index (χ1v) is 7.13. The van der Waals surface area contributed by atoms with Crippen LogP contribution in [0.2, 0.25) is 0 Å². The van der Waals surface area contributed by atoms with E-state index in [4.69, 9.17) is 5.73 Å². The lowest BCUT2D eigenvalue weighted by molar-refractivity contribution is 0.0698. The highest BCUT2D eigenvalue weighted by molar-refractivity contribution is 6.10. The molecule has 0 bridgehead atoms. The van der Waals surface area contributed by atoms with Gasteiger partial charge in [-0.15, -0.1) is 0 Å². The Morgan fingerprint density at radius 3 is 2.50 bits per heavy atom. The summed E-state index contributed by atoms with van der Waals surface area (Å²) < 4.78 is 0. The Balaban J connectivity index is 2.54. The number of fused-ring (bicyclic) bond motifs is 1. The van der Waals surface area contributed by atoms with Gasteiger partial charge in [-0.05, 0) is 23.6 Å². The predicted molar refractivity (Wildman–Crippen MR) is 87.9 cm³/mol. The predicted octanol–water partition coefficient (Wildman–Crippen LogP) is 3.74. The minimum Gasteiger partial charge on any atom is -0.478 e. The molecule has 0 saturated carbocycles. The molecule has 3 aromatic rings. The third kappa shape index (κ3) is 2.19. The Morgan fingerprint density at radius 1 is 1.14 bits per heavy atom. The van der Waals surface area contributed by atoms with Crippen LogP contribution in [-0.4, -0.2) is 16.1 Å². The minimum atomic E-state index is -1.06. The second kappa shape index (κ2) is 5.48. The minimum absolute atomic E-state index is 0.0482. The van der Waals surface area contributed by atoms with Crippen LogP contribution in [-0.2, 0) is 6.42 Å². The summed E-state index contributed by atoms with van der Waals surface area (Å²) in [5, 5.41) is 10.5. The number of aryl methyl sites for hydroxylation is 1. The summed E-state index contributed by atoms with van der Waals surface area (Å²) in [5.74, 6) is -1.01. The summed E-state index contributed by atoms with van der Waals surface area (Å²) in [7, 11) is 0. The number of hydrogen-bond donors (Lipinski definition) is 2. The smallest absolute Gasteiger partial charge is 0.340 e. The lowest BCUT2D eigenvalue weighted by Crippen LogP contribution is -2.08. The van der Waals surface area contributed by atoms with Crippen LogP contribution in [0.25, 0.3) is 22.0 Å². The van der Waals surface area contributed by atoms with Crippen LogP contribution in [0.15, 0.2) is 48.5 Å². The molecule has 0 spiro atoms. The number of anilines is 1. The van der Waals surface area contributed by atoms with Gasteiger partial charge < -0.3 is 10.8 Å². The molecule has 0 amide bonds. The second-order valence-electron chi connectivity index (χ2n) is 5.08. The molecule has 3 N–H and O–H groups in total. The molecule has 3 rings (SSSR count). The molecule has 0 radical (unpaired) electrons. The highest BCUT2D eigenvalue weighted by Gasteiger charge is 2.21. The summed E-state index contributed by atoms with van der Waals surface area (Å²) >= 11 is 0. The molecule has 0 saturated heterocycles. The summed E-state index contributed by atoms with van der Waals surface area (Å²) in [6, 6.07) is 15.2. The van der Waals surface area contributed by atoms with Crippen LogP contribution in [0.4, 0.5) is 5.82 Å². The molecule has 22 heavy (non-hydrogen) atoms. The molecule has 0 aliphatic rings. The number of carboxylic acids is 1. The van der Waals surface area contributed by atoms with Crippen molar-refractivity contribution in [1.29, 1.82) is 0 Å². The normalized spacial score (nSPS) is 10.8. The van der Waals surface area contributed by atoms with Crippen LogP contribution in [0.5, 0.6) is 0 Å². The number of pyridine rings is 1. The Hall–Kier alpha value is -2.88. The van der Waals surface area contributed by atoms with Gasteiger partial charge in [-0.1, -0.05) is 49.4 Å². The Kier molecular flexibility index (Phi) is 3.51. The van der Waals surface area contributed by atoms with E-state index in [-0.39, 0.29) is 11.4 Å². The van der Waals surface area contributed by atoms with Crippen molar-refractivity contribution in [1.82, 2.24) is 4.98 Å². The largest absolute Gasteiger partial charge is 0.478 e. The fourth-order valence-corrected chi connectivity index (χ4v) is 2.81. The van der Waals surface area contributed by atoms with Crippen molar-refractivity contribution >= 4 is 22.7 Å². The molecule has 0 atom stereocenters. The van der Waals surface area contributed by atoms with Gasteiger partial charge in [0.1, 0.15) is 11.4 Å². The first kappa shape index (κ1) is 14.1. The standard InChI is InChI=1S/C18H16N2O2/c1-2-11-9-6-10-13-14(11)15(12-7-4-3-5-8-12)16(18(21)22)17(19)20-13/h3-10H,2H2,1H3,(H2,19,20)(H,21,22). The molecule has 2 aromatic carbocycles. The SMILES string of the molecule is CCc1cccc2nc(N)c(C(=O)O)c(-c3ccccc3)c12. The van der Waals surface area contributed by atoms with E-state index in [2.05, 4.69) is 4.98 Å². The maximum absolute atomic E-state index is 11.7. The highest BCUT2D eigenvalue weighted by atomic mass is 16.4. The number of carbonyl (C=O) groups is 1. The van der Waals surface area contributed by atoms with Crippen molar-refractivity contribution in [3.63, 3.8) is 0 Å². The number of carboxylic acid groups (broad SMARTS) is 1. The number of benzene rings is 2. The third-order valence-electron chi connectivity index (χ3n) is 3.78. The maximum Gasteiger partial charge on any atom is 0.340 e. The van der Waals surface area contributed by atoms with Crippen LogP contribution >= 0.6 is 0 Å². The number of nitrogens with zero attached hydrogens (tertiary/aromatic N) is 1. The van der Waals surface area contributed by atoms with Crippen molar-refractivity contribution in [2.24, 2.45) is 0 Å². The zero-order valence-corrected chi connectivity index (χ0v) is 12.2. The fourth-order valence-electron chi connectivity index (χ4n) is 2.81. The number of hydrogen-bond acceptors (Lipinski definition) is 3. The van der Waals surface area contributed by atoms with Gasteiger partial charge in [-0.2, -0.15) is 0 Å². The molecular formula is C18H16N2O2. The van der Waals surface area contributed by atoms with Gasteiger partial charge in [0.25, 0.3) is 0 Å². The molecule has 4 heteroatoms. The molecular weight excluding hydrogens is 276 g/mol. The number of aromatic carboxylic acids is 1. The van der Waals surface area contributed by atoms with E-state index in [1.165, 1.54) is 0 Å². The van der Waals surface area contributed by atoms with Gasteiger partial charge in [-0.25, -0.2) is 9.78 Å². The van der Waals surface area contributed by atoms with Crippen molar-refractivity contribution in [2.45, 2.75) is 13.3 Å². The summed E-state index contributed by atoms with van der Waals surface area (Å²) in [5.41, 5.74) is 9.26. The average Bonchev–Trinajstić information content (AvgIpc) is 2.53. The van der Waals surface area contributed by atoms with Crippen LogP contribution in [0.1, 0.15) is 22.8 Å². The first-order valence-electron chi connectivity index (χ1n) is 7.13. The van der Waals surface area contributed by atoms with E-state index in [1.807, 2.05) is 55.5 Å². The zero-order valence-electron chi connectivity index (χ0n) is 12.2. The van der Waals surface area contributed by atoms with Crippen molar-refractivity contribution in [3.8, 4) is 11.1 Å². The molecule has 0 fully saturated rings. The molecule has 1 heterocycles. The Morgan fingerprint density at radius 2 is 1.86 bits per heavy atom. The van der Waals surface area contributed by atoms with Gasteiger partial charge in [0, 0.05) is 10.9 Å². The van der Waals surface area contributed by atoms with E-state index < -0.39 is 5.97 Å². The lowest BCUT2D eigenvalue weighted by atomic mass is 9.92. The highest BCUT2D eigenvalue weighted by Crippen LogP contribution is 2.36. The zero-order chi connectivity index (χ0) is 15.7. The summed E-state index contributed by atoms with van der Waals surface area (Å²) in [6.07, 6.45) is 0.793. The lowest BCUT2D eigenvalue weighted by Gasteiger charge is -2.15. The van der Waals surface area contributed by atoms with Crippen LogP contribution in [0.3, 0.4) is 0 Å². The van der Waals surface area contributed by atoms with E-state index >= 15 is 0 Å². The van der Waals surface area contributed by atoms with Crippen molar-refractivity contribution in [2.75, 3.05) is 5.73 Å². The van der Waals surface area contributed by atoms with Crippen molar-refractivity contribution < 1.29 is 9.90 Å². The number of aromatic nitrogens is 1. The van der Waals surface area contributed by atoms with E-state index in [1.54, 1.807) is 0 Å².